The van der Waals surface area contributed by atoms with Gasteiger partial charge in [0, 0.05) is 0 Å². The van der Waals surface area contributed by atoms with Crippen molar-refractivity contribution >= 4 is 21.8 Å². The first kappa shape index (κ1) is 8.17. The predicted octanol–water partition coefficient (Wildman–Crippen LogP) is 3.58. The van der Waals surface area contributed by atoms with Crippen molar-refractivity contribution in [2.24, 2.45) is 5.22 Å². The van der Waals surface area contributed by atoms with Gasteiger partial charge in [0.05, 0.1) is 0 Å². The van der Waals surface area contributed by atoms with E-state index in [9.17, 15) is 0 Å². The van der Waals surface area contributed by atoms with Crippen LogP contribution in [0.3, 0.4) is 0 Å². The fourth-order valence-corrected chi connectivity index (χ4v) is 2.00. The first-order valence-corrected chi connectivity index (χ1v) is 4.75. The van der Waals surface area contributed by atoms with Gasteiger partial charge in [0.1, 0.15) is 0 Å². The van der Waals surface area contributed by atoms with E-state index in [0.717, 1.165) is 21.8 Å². The summed E-state index contributed by atoms with van der Waals surface area (Å²) >= 11 is 0. The number of aromatic nitrogens is 1. The lowest BCUT2D eigenvalue weighted by molar-refractivity contribution is 0.953. The molecule has 0 fully saturated rings. The molecule has 0 aliphatic heterocycles. The predicted molar refractivity (Wildman–Crippen MR) is 60.6 cm³/mol. The van der Waals surface area contributed by atoms with Gasteiger partial charge in [-0.1, -0.05) is 48.5 Å². The minimum absolute atomic E-state index is 0.918. The summed E-state index contributed by atoms with van der Waals surface area (Å²) < 4.78 is 1.55. The smallest absolute Gasteiger partial charge is 0.0133 e. The van der Waals surface area contributed by atoms with Crippen molar-refractivity contribution in [1.82, 2.24) is 4.68 Å². The molecule has 15 heavy (non-hydrogen) atoms. The van der Waals surface area contributed by atoms with Crippen LogP contribution in [-0.2, 0) is 0 Å². The van der Waals surface area contributed by atoms with E-state index in [1.54, 1.807) is 4.68 Å². The van der Waals surface area contributed by atoms with E-state index in [4.69, 9.17) is 5.53 Å². The molecule has 0 atom stereocenters. The van der Waals surface area contributed by atoms with E-state index in [0.29, 0.717) is 0 Å². The molecule has 3 rings (SSSR count). The van der Waals surface area contributed by atoms with Crippen molar-refractivity contribution in [2.75, 3.05) is 0 Å². The summed E-state index contributed by atoms with van der Waals surface area (Å²) in [7, 11) is 0. The zero-order valence-electron chi connectivity index (χ0n) is 7.96. The summed E-state index contributed by atoms with van der Waals surface area (Å²) in [5.41, 5.74) is 10.8. The third-order valence-electron chi connectivity index (χ3n) is 2.64. The molecule has 72 valence electrons. The quantitative estimate of drug-likeness (QED) is 0.531. The van der Waals surface area contributed by atoms with Crippen LogP contribution in [0.15, 0.2) is 53.8 Å². The van der Waals surface area contributed by atoms with Gasteiger partial charge in [-0.15, -0.1) is 0 Å². The first-order chi connectivity index (χ1) is 7.42. The molecule has 0 amide bonds. The van der Waals surface area contributed by atoms with Crippen molar-refractivity contribution in [3.63, 3.8) is 0 Å². The Balaban J connectivity index is 2.68. The fourth-order valence-electron chi connectivity index (χ4n) is 2.00. The zero-order valence-corrected chi connectivity index (χ0v) is 7.96. The monoisotopic (exact) mass is 194 g/mol. The molecular weight excluding hydrogens is 186 g/mol. The maximum atomic E-state index is 9.01. The van der Waals surface area contributed by atoms with Crippen molar-refractivity contribution in [1.29, 1.82) is 0 Å². The topological polar surface area (TPSA) is 39.6 Å². The third kappa shape index (κ3) is 1.00. The average molecular weight is 194 g/mol. The average Bonchev–Trinajstić information content (AvgIpc) is 2.63. The van der Waals surface area contributed by atoms with Crippen LogP contribution in [0.4, 0.5) is 0 Å². The number of rotatable bonds is 1. The van der Waals surface area contributed by atoms with Crippen molar-refractivity contribution in [3.05, 3.63) is 54.1 Å². The minimum atomic E-state index is 0.918. The molecule has 0 spiro atoms. The highest BCUT2D eigenvalue weighted by atomic mass is 15.4. The van der Waals surface area contributed by atoms with Gasteiger partial charge in [-0.25, -0.2) is 0 Å². The Morgan fingerprint density at radius 2 is 1.27 bits per heavy atom. The van der Waals surface area contributed by atoms with Crippen molar-refractivity contribution < 1.29 is 0 Å². The van der Waals surface area contributed by atoms with Crippen LogP contribution in [0.2, 0.25) is 0 Å². The molecule has 2 aromatic carbocycles. The second-order valence-corrected chi connectivity index (χ2v) is 3.44. The number of nitrogens with zero attached hydrogens (tertiary/aromatic N) is 3. The number of hydrogen-bond acceptors (Lipinski definition) is 1. The molecule has 1 aromatic heterocycles. The van der Waals surface area contributed by atoms with Gasteiger partial charge in [-0.05, 0) is 21.8 Å². The molecule has 3 heteroatoms. The zero-order chi connectivity index (χ0) is 10.3. The second kappa shape index (κ2) is 2.92. The first-order valence-electron chi connectivity index (χ1n) is 4.75. The summed E-state index contributed by atoms with van der Waals surface area (Å²) in [6.07, 6.45) is 0. The summed E-state index contributed by atoms with van der Waals surface area (Å²) in [6.45, 7) is 0. The second-order valence-electron chi connectivity index (χ2n) is 3.44. The van der Waals surface area contributed by atoms with Gasteiger partial charge >= 0.3 is 0 Å². The SMILES string of the molecule is [N-]=Nn1c2ccccc2c2ccccc21. The Kier molecular flexibility index (Phi) is 1.59. The van der Waals surface area contributed by atoms with E-state index in [2.05, 4.69) is 5.22 Å². The highest BCUT2D eigenvalue weighted by molar-refractivity contribution is 6.07. The van der Waals surface area contributed by atoms with Gasteiger partial charge < -0.3 is 10.2 Å². The van der Waals surface area contributed by atoms with Gasteiger partial charge in [-0.2, -0.15) is 0 Å². The Bertz CT molecular complexity index is 599. The summed E-state index contributed by atoms with van der Waals surface area (Å²) in [6, 6.07) is 15.8. The summed E-state index contributed by atoms with van der Waals surface area (Å²) in [5.74, 6) is 0. The number of hydrogen-bond donors (Lipinski definition) is 0. The Labute approximate surface area is 86.4 Å². The molecule has 0 saturated heterocycles. The van der Waals surface area contributed by atoms with E-state index in [1.165, 1.54) is 0 Å². The standard InChI is InChI=1S/C12H8N3/c13-14-15-11-7-3-1-5-9(11)10-6-2-4-8-12(10)15/h1-8H/q-1. The van der Waals surface area contributed by atoms with E-state index >= 15 is 0 Å². The molecule has 0 saturated carbocycles. The minimum Gasteiger partial charge on any atom is -0.361 e. The van der Waals surface area contributed by atoms with Crippen LogP contribution in [-0.4, -0.2) is 4.68 Å². The number of benzene rings is 2. The van der Waals surface area contributed by atoms with E-state index < -0.39 is 0 Å². The fraction of sp³-hybridized carbons (Fsp3) is 0. The molecule has 3 nitrogen and oxygen atoms in total. The van der Waals surface area contributed by atoms with Gasteiger partial charge in [-0.3, -0.25) is 5.22 Å². The number of fused-ring (bicyclic) bond motifs is 3. The van der Waals surface area contributed by atoms with Crippen molar-refractivity contribution in [2.45, 2.75) is 0 Å². The molecule has 0 radical (unpaired) electrons. The molecule has 0 aliphatic rings. The maximum absolute atomic E-state index is 9.01. The highest BCUT2D eigenvalue weighted by Gasteiger charge is 2.01. The van der Waals surface area contributed by atoms with Crippen LogP contribution < -0.4 is 0 Å². The molecule has 0 aliphatic carbocycles. The van der Waals surface area contributed by atoms with Crippen LogP contribution in [0.25, 0.3) is 27.3 Å². The van der Waals surface area contributed by atoms with E-state index in [-0.39, 0.29) is 0 Å². The van der Waals surface area contributed by atoms with Crippen LogP contribution >= 0.6 is 0 Å². The lowest BCUT2D eigenvalue weighted by Gasteiger charge is -2.05. The van der Waals surface area contributed by atoms with Crippen molar-refractivity contribution in [3.8, 4) is 0 Å². The summed E-state index contributed by atoms with van der Waals surface area (Å²) in [4.78, 5) is 0. The molecule has 0 unspecified atom stereocenters. The van der Waals surface area contributed by atoms with Crippen LogP contribution in [0, 0.1) is 0 Å². The maximum Gasteiger partial charge on any atom is -0.0133 e. The lowest BCUT2D eigenvalue weighted by atomic mass is 10.2. The lowest BCUT2D eigenvalue weighted by Crippen LogP contribution is -1.83. The largest absolute Gasteiger partial charge is 0.361 e. The third-order valence-corrected chi connectivity index (χ3v) is 2.64. The molecule has 3 aromatic rings. The van der Waals surface area contributed by atoms with Gasteiger partial charge in [0.15, 0.2) is 0 Å². The highest BCUT2D eigenvalue weighted by Crippen LogP contribution is 2.28. The molecule has 1 heterocycles. The Morgan fingerprint density at radius 1 is 0.800 bits per heavy atom. The Hall–Kier alpha value is -2.16. The molecule has 0 bridgehead atoms. The molecule has 0 N–H and O–H groups in total. The number of para-hydroxylation sites is 2. The molecular formula is C12H8N3-. The van der Waals surface area contributed by atoms with Gasteiger partial charge in [0.25, 0.3) is 0 Å². The van der Waals surface area contributed by atoms with Crippen LogP contribution in [0.1, 0.15) is 0 Å². The summed E-state index contributed by atoms with van der Waals surface area (Å²) in [5, 5.41) is 5.51. The van der Waals surface area contributed by atoms with Crippen LogP contribution in [0.5, 0.6) is 0 Å². The normalized spacial score (nSPS) is 10.9. The van der Waals surface area contributed by atoms with E-state index in [1.807, 2.05) is 48.5 Å². The van der Waals surface area contributed by atoms with Gasteiger partial charge in [0.2, 0.25) is 0 Å². The Morgan fingerprint density at radius 3 is 1.73 bits per heavy atom.